The molecular formula is C19H20N6O. The second kappa shape index (κ2) is 6.95. The maximum Gasteiger partial charge on any atom is 0.276 e. The molecule has 0 radical (unpaired) electrons. The van der Waals surface area contributed by atoms with E-state index in [1.807, 2.05) is 43.3 Å². The summed E-state index contributed by atoms with van der Waals surface area (Å²) in [4.78, 5) is 14.7. The van der Waals surface area contributed by atoms with Crippen LogP contribution in [-0.2, 0) is 0 Å². The first-order chi connectivity index (χ1) is 12.7. The molecule has 1 amide bonds. The van der Waals surface area contributed by atoms with E-state index in [1.165, 1.54) is 12.8 Å². The SMILES string of the molecule is Cc1c(NC(=O)c2ccc(N3CCCC3)nn2)cnn1-c1ccccc1. The summed E-state index contributed by atoms with van der Waals surface area (Å²) in [6.45, 7) is 3.91. The molecule has 0 saturated carbocycles. The molecule has 132 valence electrons. The number of rotatable bonds is 4. The van der Waals surface area contributed by atoms with Crippen LogP contribution < -0.4 is 10.2 Å². The van der Waals surface area contributed by atoms with Gasteiger partial charge in [-0.05, 0) is 44.0 Å². The molecule has 26 heavy (non-hydrogen) atoms. The summed E-state index contributed by atoms with van der Waals surface area (Å²) in [5, 5.41) is 15.5. The topological polar surface area (TPSA) is 75.9 Å². The highest BCUT2D eigenvalue weighted by Crippen LogP contribution is 2.20. The molecule has 0 atom stereocenters. The van der Waals surface area contributed by atoms with E-state index in [0.717, 1.165) is 30.3 Å². The lowest BCUT2D eigenvalue weighted by molar-refractivity contribution is 0.102. The Morgan fingerprint density at radius 1 is 1.04 bits per heavy atom. The van der Waals surface area contributed by atoms with Crippen molar-refractivity contribution in [3.63, 3.8) is 0 Å². The molecule has 7 heteroatoms. The molecule has 0 bridgehead atoms. The van der Waals surface area contributed by atoms with Crippen molar-refractivity contribution in [2.24, 2.45) is 0 Å². The molecule has 0 unspecified atom stereocenters. The van der Waals surface area contributed by atoms with Gasteiger partial charge in [0.15, 0.2) is 11.5 Å². The summed E-state index contributed by atoms with van der Waals surface area (Å²) in [6.07, 6.45) is 4.00. The lowest BCUT2D eigenvalue weighted by atomic mass is 10.3. The van der Waals surface area contributed by atoms with Crippen LogP contribution in [0.5, 0.6) is 0 Å². The fourth-order valence-corrected chi connectivity index (χ4v) is 3.11. The van der Waals surface area contributed by atoms with Gasteiger partial charge in [0.2, 0.25) is 0 Å². The van der Waals surface area contributed by atoms with Gasteiger partial charge in [-0.2, -0.15) is 5.10 Å². The van der Waals surface area contributed by atoms with Crippen molar-refractivity contribution in [3.05, 3.63) is 60.0 Å². The summed E-state index contributed by atoms with van der Waals surface area (Å²) < 4.78 is 1.79. The number of nitrogens with zero attached hydrogens (tertiary/aromatic N) is 5. The second-order valence-electron chi connectivity index (χ2n) is 6.32. The lowest BCUT2D eigenvalue weighted by Crippen LogP contribution is -2.21. The lowest BCUT2D eigenvalue weighted by Gasteiger charge is -2.15. The zero-order valence-corrected chi connectivity index (χ0v) is 14.6. The van der Waals surface area contributed by atoms with Gasteiger partial charge in [0.1, 0.15) is 0 Å². The van der Waals surface area contributed by atoms with Crippen LogP contribution in [0.15, 0.2) is 48.7 Å². The van der Waals surface area contributed by atoms with Crippen molar-refractivity contribution >= 4 is 17.4 Å². The molecule has 0 spiro atoms. The molecule has 4 rings (SSSR count). The first kappa shape index (κ1) is 16.3. The maximum atomic E-state index is 12.5. The molecule has 7 nitrogen and oxygen atoms in total. The number of hydrogen-bond donors (Lipinski definition) is 1. The minimum absolute atomic E-state index is 0.291. The normalized spacial score (nSPS) is 13.8. The number of nitrogens with one attached hydrogen (secondary N) is 1. The number of para-hydroxylation sites is 1. The smallest absolute Gasteiger partial charge is 0.276 e. The van der Waals surface area contributed by atoms with Gasteiger partial charge in [-0.3, -0.25) is 4.79 Å². The minimum atomic E-state index is -0.291. The number of hydrogen-bond acceptors (Lipinski definition) is 5. The Bertz CT molecular complexity index is 898. The predicted molar refractivity (Wildman–Crippen MR) is 99.7 cm³/mol. The quantitative estimate of drug-likeness (QED) is 0.785. The molecular weight excluding hydrogens is 328 g/mol. The van der Waals surface area contributed by atoms with E-state index in [2.05, 4.69) is 25.5 Å². The summed E-state index contributed by atoms with van der Waals surface area (Å²) in [6, 6.07) is 13.4. The van der Waals surface area contributed by atoms with Crippen LogP contribution in [0.2, 0.25) is 0 Å². The number of aromatic nitrogens is 4. The van der Waals surface area contributed by atoms with Gasteiger partial charge in [-0.25, -0.2) is 4.68 Å². The third-order valence-electron chi connectivity index (χ3n) is 4.57. The van der Waals surface area contributed by atoms with Crippen molar-refractivity contribution in [3.8, 4) is 5.69 Å². The largest absolute Gasteiger partial charge is 0.355 e. The van der Waals surface area contributed by atoms with E-state index in [0.29, 0.717) is 11.4 Å². The van der Waals surface area contributed by atoms with Crippen molar-refractivity contribution in [1.29, 1.82) is 0 Å². The fourth-order valence-electron chi connectivity index (χ4n) is 3.11. The number of amides is 1. The summed E-state index contributed by atoms with van der Waals surface area (Å²) in [7, 11) is 0. The van der Waals surface area contributed by atoms with E-state index in [1.54, 1.807) is 16.9 Å². The number of benzene rings is 1. The van der Waals surface area contributed by atoms with Crippen LogP contribution in [0.25, 0.3) is 5.69 Å². The average Bonchev–Trinajstić information content (AvgIpc) is 3.34. The van der Waals surface area contributed by atoms with Gasteiger partial charge in [0, 0.05) is 13.1 Å². The Labute approximate surface area is 151 Å². The van der Waals surface area contributed by atoms with Gasteiger partial charge in [0.05, 0.1) is 23.3 Å². The van der Waals surface area contributed by atoms with E-state index in [4.69, 9.17) is 0 Å². The van der Waals surface area contributed by atoms with Crippen LogP contribution in [0, 0.1) is 6.92 Å². The highest BCUT2D eigenvalue weighted by molar-refractivity contribution is 6.03. The van der Waals surface area contributed by atoms with Gasteiger partial charge in [-0.15, -0.1) is 10.2 Å². The van der Waals surface area contributed by atoms with Gasteiger partial charge >= 0.3 is 0 Å². The minimum Gasteiger partial charge on any atom is -0.355 e. The molecule has 1 aliphatic heterocycles. The van der Waals surface area contributed by atoms with Crippen molar-refractivity contribution in [2.75, 3.05) is 23.3 Å². The molecule has 0 aliphatic carbocycles. The number of carbonyl (C=O) groups is 1. The molecule has 3 heterocycles. The zero-order chi connectivity index (χ0) is 17.9. The van der Waals surface area contributed by atoms with E-state index < -0.39 is 0 Å². The van der Waals surface area contributed by atoms with Crippen molar-refractivity contribution < 1.29 is 4.79 Å². The van der Waals surface area contributed by atoms with Crippen LogP contribution in [0.4, 0.5) is 11.5 Å². The summed E-state index contributed by atoms with van der Waals surface area (Å²) >= 11 is 0. The third kappa shape index (κ3) is 3.15. The molecule has 3 aromatic rings. The number of carbonyl (C=O) groups excluding carboxylic acids is 1. The van der Waals surface area contributed by atoms with Crippen molar-refractivity contribution in [2.45, 2.75) is 19.8 Å². The van der Waals surface area contributed by atoms with Gasteiger partial charge in [0.25, 0.3) is 5.91 Å². The second-order valence-corrected chi connectivity index (χ2v) is 6.32. The first-order valence-electron chi connectivity index (χ1n) is 8.72. The molecule has 1 saturated heterocycles. The predicted octanol–water partition coefficient (Wildman–Crippen LogP) is 2.82. The Kier molecular flexibility index (Phi) is 4.35. The highest BCUT2D eigenvalue weighted by atomic mass is 16.1. The van der Waals surface area contributed by atoms with Crippen LogP contribution in [0.1, 0.15) is 29.0 Å². The number of anilines is 2. The molecule has 2 aromatic heterocycles. The molecule has 1 aromatic carbocycles. The van der Waals surface area contributed by atoms with Crippen LogP contribution >= 0.6 is 0 Å². The first-order valence-corrected chi connectivity index (χ1v) is 8.72. The van der Waals surface area contributed by atoms with Crippen LogP contribution in [-0.4, -0.2) is 39.0 Å². The molecule has 1 fully saturated rings. The fraction of sp³-hybridized carbons (Fsp3) is 0.263. The van der Waals surface area contributed by atoms with E-state index >= 15 is 0 Å². The Hall–Kier alpha value is -3.22. The average molecular weight is 348 g/mol. The molecule has 1 N–H and O–H groups in total. The summed E-state index contributed by atoms with van der Waals surface area (Å²) in [5.74, 6) is 0.535. The van der Waals surface area contributed by atoms with Gasteiger partial charge in [-0.1, -0.05) is 18.2 Å². The zero-order valence-electron chi connectivity index (χ0n) is 14.6. The Morgan fingerprint density at radius 3 is 2.50 bits per heavy atom. The Morgan fingerprint density at radius 2 is 1.81 bits per heavy atom. The third-order valence-corrected chi connectivity index (χ3v) is 4.57. The van der Waals surface area contributed by atoms with Crippen molar-refractivity contribution in [1.82, 2.24) is 20.0 Å². The molecule has 1 aliphatic rings. The Balaban J connectivity index is 1.49. The van der Waals surface area contributed by atoms with Crippen LogP contribution in [0.3, 0.4) is 0 Å². The van der Waals surface area contributed by atoms with Gasteiger partial charge < -0.3 is 10.2 Å². The maximum absolute atomic E-state index is 12.5. The monoisotopic (exact) mass is 348 g/mol. The highest BCUT2D eigenvalue weighted by Gasteiger charge is 2.17. The summed E-state index contributed by atoms with van der Waals surface area (Å²) in [5.41, 5.74) is 2.75. The van der Waals surface area contributed by atoms with E-state index in [9.17, 15) is 4.79 Å². The van der Waals surface area contributed by atoms with E-state index in [-0.39, 0.29) is 5.91 Å². The standard InChI is InChI=1S/C19H20N6O/c1-14-17(13-20-25(14)15-7-3-2-4-8-15)21-19(26)16-9-10-18(23-22-16)24-11-5-6-12-24/h2-4,7-10,13H,5-6,11-12H2,1H3,(H,21,26).